The summed E-state index contributed by atoms with van der Waals surface area (Å²) in [6.45, 7) is 4.16. The van der Waals surface area contributed by atoms with E-state index in [0.29, 0.717) is 12.5 Å². The number of nitrogens with one attached hydrogen (secondary N) is 2. The first kappa shape index (κ1) is 18.7. The van der Waals surface area contributed by atoms with Gasteiger partial charge in [-0.1, -0.05) is 30.3 Å². The molecule has 2 amide bonds. The molecule has 0 aromatic heterocycles. The standard InChI is InChI=1S/C19H30N2O3/c1-14(2)24-17-10-8-16(9-11-17)20-19(23)21-18(12-13-22)15-6-4-3-5-7-15/h3-7,14,16-18,22H,8-13H2,1-2H3,(H2,20,21,23)/t16?,17?,18-/m1/s1. The minimum absolute atomic E-state index is 0.0392. The van der Waals surface area contributed by atoms with Crippen molar-refractivity contribution in [1.29, 1.82) is 0 Å². The van der Waals surface area contributed by atoms with Crippen LogP contribution in [0.4, 0.5) is 4.79 Å². The van der Waals surface area contributed by atoms with Gasteiger partial charge in [-0.05, 0) is 51.5 Å². The molecular weight excluding hydrogens is 304 g/mol. The lowest BCUT2D eigenvalue weighted by molar-refractivity contribution is -0.0156. The second-order valence-electron chi connectivity index (χ2n) is 6.75. The molecule has 1 aliphatic rings. The highest BCUT2D eigenvalue weighted by molar-refractivity contribution is 5.74. The van der Waals surface area contributed by atoms with Crippen LogP contribution in [-0.2, 0) is 4.74 Å². The number of benzene rings is 1. The van der Waals surface area contributed by atoms with E-state index < -0.39 is 0 Å². The Morgan fingerprint density at radius 3 is 2.46 bits per heavy atom. The highest BCUT2D eigenvalue weighted by Gasteiger charge is 2.24. The number of rotatable bonds is 7. The van der Waals surface area contributed by atoms with Crippen molar-refractivity contribution in [2.75, 3.05) is 6.61 Å². The van der Waals surface area contributed by atoms with E-state index >= 15 is 0 Å². The summed E-state index contributed by atoms with van der Waals surface area (Å²) in [7, 11) is 0. The Morgan fingerprint density at radius 1 is 1.21 bits per heavy atom. The third-order valence-corrected chi connectivity index (χ3v) is 4.40. The van der Waals surface area contributed by atoms with Gasteiger partial charge in [0.1, 0.15) is 0 Å². The van der Waals surface area contributed by atoms with Crippen LogP contribution in [0.25, 0.3) is 0 Å². The minimum atomic E-state index is -0.170. The molecule has 1 aromatic rings. The summed E-state index contributed by atoms with van der Waals surface area (Å²) in [5.74, 6) is 0. The van der Waals surface area contributed by atoms with Gasteiger partial charge in [0.25, 0.3) is 0 Å². The lowest BCUT2D eigenvalue weighted by Gasteiger charge is -2.30. The molecule has 5 nitrogen and oxygen atoms in total. The molecule has 0 spiro atoms. The van der Waals surface area contributed by atoms with Crippen LogP contribution in [0, 0.1) is 0 Å². The fourth-order valence-electron chi connectivity index (χ4n) is 3.25. The van der Waals surface area contributed by atoms with Crippen LogP contribution in [-0.4, -0.2) is 36.0 Å². The smallest absolute Gasteiger partial charge is 0.315 e. The van der Waals surface area contributed by atoms with Gasteiger partial charge in [0.15, 0.2) is 0 Å². The molecule has 0 aliphatic heterocycles. The van der Waals surface area contributed by atoms with Crippen molar-refractivity contribution >= 4 is 6.03 Å². The second-order valence-corrected chi connectivity index (χ2v) is 6.75. The van der Waals surface area contributed by atoms with Crippen molar-refractivity contribution in [3.63, 3.8) is 0 Å². The average Bonchev–Trinajstić information content (AvgIpc) is 2.56. The van der Waals surface area contributed by atoms with E-state index in [0.717, 1.165) is 31.2 Å². The van der Waals surface area contributed by atoms with Crippen molar-refractivity contribution in [3.05, 3.63) is 35.9 Å². The molecule has 1 saturated carbocycles. The Morgan fingerprint density at radius 2 is 1.88 bits per heavy atom. The Balaban J connectivity index is 1.79. The highest BCUT2D eigenvalue weighted by Crippen LogP contribution is 2.22. The van der Waals surface area contributed by atoms with Crippen molar-refractivity contribution < 1.29 is 14.6 Å². The van der Waals surface area contributed by atoms with E-state index in [9.17, 15) is 9.90 Å². The molecule has 134 valence electrons. The minimum Gasteiger partial charge on any atom is -0.396 e. The Labute approximate surface area is 144 Å². The summed E-state index contributed by atoms with van der Waals surface area (Å²) >= 11 is 0. The number of urea groups is 1. The van der Waals surface area contributed by atoms with Crippen molar-refractivity contribution in [1.82, 2.24) is 10.6 Å². The van der Waals surface area contributed by atoms with E-state index in [-0.39, 0.29) is 30.8 Å². The predicted molar refractivity (Wildman–Crippen MR) is 94.8 cm³/mol. The molecule has 1 fully saturated rings. The fourth-order valence-corrected chi connectivity index (χ4v) is 3.25. The van der Waals surface area contributed by atoms with Crippen LogP contribution in [0.1, 0.15) is 57.6 Å². The Hall–Kier alpha value is -1.59. The predicted octanol–water partition coefficient (Wildman–Crippen LogP) is 3.15. The van der Waals surface area contributed by atoms with Gasteiger partial charge in [0.2, 0.25) is 0 Å². The Bertz CT molecular complexity index is 485. The maximum Gasteiger partial charge on any atom is 0.315 e. The number of aliphatic hydroxyl groups excluding tert-OH is 1. The van der Waals surface area contributed by atoms with Gasteiger partial charge in [-0.25, -0.2) is 4.79 Å². The van der Waals surface area contributed by atoms with Gasteiger partial charge in [-0.2, -0.15) is 0 Å². The summed E-state index contributed by atoms with van der Waals surface area (Å²) in [6, 6.07) is 9.62. The monoisotopic (exact) mass is 334 g/mol. The number of aliphatic hydroxyl groups is 1. The average molecular weight is 334 g/mol. The topological polar surface area (TPSA) is 70.6 Å². The molecule has 0 unspecified atom stereocenters. The second kappa shape index (κ2) is 9.64. The largest absolute Gasteiger partial charge is 0.396 e. The van der Waals surface area contributed by atoms with Crippen molar-refractivity contribution in [2.24, 2.45) is 0 Å². The maximum atomic E-state index is 12.3. The van der Waals surface area contributed by atoms with Crippen LogP contribution in [0.15, 0.2) is 30.3 Å². The van der Waals surface area contributed by atoms with Crippen LogP contribution < -0.4 is 10.6 Å². The molecule has 24 heavy (non-hydrogen) atoms. The molecule has 0 radical (unpaired) electrons. The molecule has 1 aromatic carbocycles. The zero-order valence-corrected chi connectivity index (χ0v) is 14.7. The number of ether oxygens (including phenoxy) is 1. The first-order valence-electron chi connectivity index (χ1n) is 8.96. The molecule has 1 aliphatic carbocycles. The first-order valence-corrected chi connectivity index (χ1v) is 8.96. The van der Waals surface area contributed by atoms with Gasteiger partial charge < -0.3 is 20.5 Å². The fraction of sp³-hybridized carbons (Fsp3) is 0.632. The van der Waals surface area contributed by atoms with E-state index in [1.165, 1.54) is 0 Å². The first-order chi connectivity index (χ1) is 11.6. The van der Waals surface area contributed by atoms with Crippen LogP contribution in [0.5, 0.6) is 0 Å². The summed E-state index contributed by atoms with van der Waals surface area (Å²) in [5.41, 5.74) is 1.01. The molecule has 5 heteroatoms. The van der Waals surface area contributed by atoms with Gasteiger partial charge >= 0.3 is 6.03 Å². The number of amides is 2. The summed E-state index contributed by atoms with van der Waals surface area (Å²) in [6.07, 6.45) is 4.95. The highest BCUT2D eigenvalue weighted by atomic mass is 16.5. The maximum absolute atomic E-state index is 12.3. The quantitative estimate of drug-likeness (QED) is 0.717. The zero-order chi connectivity index (χ0) is 17.4. The van der Waals surface area contributed by atoms with Gasteiger partial charge in [-0.15, -0.1) is 0 Å². The lowest BCUT2D eigenvalue weighted by atomic mass is 9.93. The number of hydrogen-bond donors (Lipinski definition) is 3. The molecule has 2 rings (SSSR count). The van der Waals surface area contributed by atoms with Crippen LogP contribution in [0.2, 0.25) is 0 Å². The molecule has 1 atom stereocenters. The Kier molecular flexibility index (Phi) is 7.53. The molecule has 0 bridgehead atoms. The summed E-state index contributed by atoms with van der Waals surface area (Å²) < 4.78 is 5.84. The van der Waals surface area contributed by atoms with Crippen molar-refractivity contribution in [2.45, 2.75) is 70.2 Å². The van der Waals surface area contributed by atoms with E-state index in [1.54, 1.807) is 0 Å². The number of carbonyl (C=O) groups is 1. The van der Waals surface area contributed by atoms with Gasteiger partial charge in [0, 0.05) is 12.6 Å². The zero-order valence-electron chi connectivity index (χ0n) is 14.7. The third-order valence-electron chi connectivity index (χ3n) is 4.40. The lowest BCUT2D eigenvalue weighted by Crippen LogP contribution is -2.45. The van der Waals surface area contributed by atoms with Crippen LogP contribution in [0.3, 0.4) is 0 Å². The molecular formula is C19H30N2O3. The van der Waals surface area contributed by atoms with E-state index in [4.69, 9.17) is 4.74 Å². The summed E-state index contributed by atoms with van der Waals surface area (Å²) in [5, 5.41) is 15.3. The molecule has 0 heterocycles. The van der Waals surface area contributed by atoms with Gasteiger partial charge in [0.05, 0.1) is 18.2 Å². The van der Waals surface area contributed by atoms with E-state index in [2.05, 4.69) is 24.5 Å². The molecule has 3 N–H and O–H groups in total. The number of hydrogen-bond acceptors (Lipinski definition) is 3. The van der Waals surface area contributed by atoms with E-state index in [1.807, 2.05) is 30.3 Å². The third kappa shape index (κ3) is 6.13. The van der Waals surface area contributed by atoms with Gasteiger partial charge in [-0.3, -0.25) is 0 Å². The summed E-state index contributed by atoms with van der Waals surface area (Å²) in [4.78, 5) is 12.3. The van der Waals surface area contributed by atoms with Crippen molar-refractivity contribution in [3.8, 4) is 0 Å². The normalized spacial score (nSPS) is 22.2. The number of carbonyl (C=O) groups excluding carboxylic acids is 1. The molecule has 0 saturated heterocycles. The SMILES string of the molecule is CC(C)OC1CCC(NC(=O)N[C@H](CCO)c2ccccc2)CC1. The van der Waals surface area contributed by atoms with Crippen LogP contribution >= 0.6 is 0 Å².